The quantitative estimate of drug-likeness (QED) is 0.701. The van der Waals surface area contributed by atoms with Crippen molar-refractivity contribution >= 4 is 11.3 Å². The minimum Gasteiger partial charge on any atom is -0.330 e. The van der Waals surface area contributed by atoms with Crippen LogP contribution in [0.3, 0.4) is 0 Å². The van der Waals surface area contributed by atoms with Gasteiger partial charge in [0.1, 0.15) is 0 Å². The molecule has 0 bridgehead atoms. The van der Waals surface area contributed by atoms with Gasteiger partial charge in [-0.25, -0.2) is 4.98 Å². The molecule has 0 aliphatic rings. The number of nitrogens with two attached hydrogens (primary N) is 1. The fourth-order valence-corrected chi connectivity index (χ4v) is 2.07. The maximum absolute atomic E-state index is 5.39. The lowest BCUT2D eigenvalue weighted by atomic mass is 10.3. The minimum absolute atomic E-state index is 0.758. The van der Waals surface area contributed by atoms with Crippen LogP contribution >= 0.6 is 11.3 Å². The lowest BCUT2D eigenvalue weighted by Gasteiger charge is -2.01. The number of thiazole rings is 1. The summed E-state index contributed by atoms with van der Waals surface area (Å²) in [4.78, 5) is 5.71. The number of aryl methyl sites for hydroxylation is 2. The zero-order valence-electron chi connectivity index (χ0n) is 8.26. The highest BCUT2D eigenvalue weighted by Crippen LogP contribution is 2.16. The molecule has 4 heteroatoms. The summed E-state index contributed by atoms with van der Waals surface area (Å²) in [6, 6.07) is 0. The molecule has 0 atom stereocenters. The predicted molar refractivity (Wildman–Crippen MR) is 57.0 cm³/mol. The summed E-state index contributed by atoms with van der Waals surface area (Å²) >= 11 is 1.77. The van der Waals surface area contributed by atoms with E-state index >= 15 is 0 Å². The summed E-state index contributed by atoms with van der Waals surface area (Å²) in [5.74, 6) is 0. The standard InChI is InChI=1S/C9H17N3S/c1-7-9(13-8(2)12-7)6-11-5-3-4-10/h11H,3-6,10H2,1-2H3. The zero-order chi connectivity index (χ0) is 9.68. The molecule has 0 spiro atoms. The van der Waals surface area contributed by atoms with Crippen molar-refractivity contribution in [2.45, 2.75) is 26.8 Å². The summed E-state index contributed by atoms with van der Waals surface area (Å²) in [5, 5.41) is 4.49. The Morgan fingerprint density at radius 3 is 2.77 bits per heavy atom. The number of hydrogen-bond donors (Lipinski definition) is 2. The Morgan fingerprint density at radius 2 is 2.23 bits per heavy atom. The Labute approximate surface area is 83.4 Å². The van der Waals surface area contributed by atoms with Gasteiger partial charge < -0.3 is 11.1 Å². The minimum atomic E-state index is 0.758. The molecule has 1 aromatic heterocycles. The predicted octanol–water partition coefficient (Wildman–Crippen LogP) is 1.20. The van der Waals surface area contributed by atoms with Gasteiger partial charge in [0.15, 0.2) is 0 Å². The van der Waals surface area contributed by atoms with Gasteiger partial charge in [-0.2, -0.15) is 0 Å². The van der Waals surface area contributed by atoms with E-state index in [1.165, 1.54) is 4.88 Å². The van der Waals surface area contributed by atoms with Gasteiger partial charge in [-0.1, -0.05) is 0 Å². The second kappa shape index (κ2) is 5.32. The van der Waals surface area contributed by atoms with E-state index in [2.05, 4.69) is 17.2 Å². The molecule has 0 aliphatic carbocycles. The van der Waals surface area contributed by atoms with Gasteiger partial charge in [0, 0.05) is 11.4 Å². The van der Waals surface area contributed by atoms with E-state index in [-0.39, 0.29) is 0 Å². The van der Waals surface area contributed by atoms with E-state index < -0.39 is 0 Å². The summed E-state index contributed by atoms with van der Waals surface area (Å²) in [6.45, 7) is 6.78. The van der Waals surface area contributed by atoms with E-state index in [0.29, 0.717) is 0 Å². The van der Waals surface area contributed by atoms with E-state index in [1.54, 1.807) is 11.3 Å². The number of nitrogens with zero attached hydrogens (tertiary/aromatic N) is 1. The first-order chi connectivity index (χ1) is 6.24. The molecule has 13 heavy (non-hydrogen) atoms. The van der Waals surface area contributed by atoms with E-state index in [9.17, 15) is 0 Å². The molecule has 1 heterocycles. The van der Waals surface area contributed by atoms with Crippen LogP contribution in [0.25, 0.3) is 0 Å². The molecule has 1 rings (SSSR count). The van der Waals surface area contributed by atoms with Crippen LogP contribution in [0.2, 0.25) is 0 Å². The van der Waals surface area contributed by atoms with Crippen LogP contribution in [0.15, 0.2) is 0 Å². The number of hydrogen-bond acceptors (Lipinski definition) is 4. The van der Waals surface area contributed by atoms with Crippen LogP contribution in [0.4, 0.5) is 0 Å². The summed E-state index contributed by atoms with van der Waals surface area (Å²) in [6.07, 6.45) is 1.04. The van der Waals surface area contributed by atoms with Gasteiger partial charge in [0.25, 0.3) is 0 Å². The Bertz CT molecular complexity index is 257. The number of rotatable bonds is 5. The molecule has 0 amide bonds. The molecule has 3 nitrogen and oxygen atoms in total. The molecule has 0 fully saturated rings. The van der Waals surface area contributed by atoms with Gasteiger partial charge in [0.05, 0.1) is 10.7 Å². The molecule has 0 unspecified atom stereocenters. The summed E-state index contributed by atoms with van der Waals surface area (Å²) in [5.41, 5.74) is 6.55. The lowest BCUT2D eigenvalue weighted by Crippen LogP contribution is -2.17. The molecule has 0 aliphatic heterocycles. The Balaban J connectivity index is 2.32. The molecule has 0 saturated carbocycles. The largest absolute Gasteiger partial charge is 0.330 e. The van der Waals surface area contributed by atoms with Crippen LogP contribution in [-0.2, 0) is 6.54 Å². The second-order valence-corrected chi connectivity index (χ2v) is 4.35. The fraction of sp³-hybridized carbons (Fsp3) is 0.667. The molecular weight excluding hydrogens is 182 g/mol. The van der Waals surface area contributed by atoms with Gasteiger partial charge in [-0.05, 0) is 33.4 Å². The first kappa shape index (κ1) is 10.6. The van der Waals surface area contributed by atoms with E-state index in [0.717, 1.165) is 36.8 Å². The van der Waals surface area contributed by atoms with Gasteiger partial charge >= 0.3 is 0 Å². The van der Waals surface area contributed by atoms with Gasteiger partial charge in [0.2, 0.25) is 0 Å². The monoisotopic (exact) mass is 199 g/mol. The summed E-state index contributed by atoms with van der Waals surface area (Å²) < 4.78 is 0. The van der Waals surface area contributed by atoms with Crippen molar-refractivity contribution < 1.29 is 0 Å². The molecular formula is C9H17N3S. The van der Waals surface area contributed by atoms with Crippen molar-refractivity contribution in [2.24, 2.45) is 5.73 Å². The van der Waals surface area contributed by atoms with Crippen LogP contribution in [0.5, 0.6) is 0 Å². The maximum atomic E-state index is 5.39. The SMILES string of the molecule is Cc1nc(C)c(CNCCCN)s1. The highest BCUT2D eigenvalue weighted by Gasteiger charge is 2.02. The molecule has 0 saturated heterocycles. The smallest absolute Gasteiger partial charge is 0.0900 e. The topological polar surface area (TPSA) is 50.9 Å². The normalized spacial score (nSPS) is 10.7. The molecule has 1 aromatic rings. The fourth-order valence-electron chi connectivity index (χ4n) is 1.17. The highest BCUT2D eigenvalue weighted by atomic mass is 32.1. The van der Waals surface area contributed by atoms with Crippen LogP contribution in [-0.4, -0.2) is 18.1 Å². The Kier molecular flexibility index (Phi) is 4.35. The Hall–Kier alpha value is -0.450. The van der Waals surface area contributed by atoms with Crippen LogP contribution in [0, 0.1) is 13.8 Å². The average Bonchev–Trinajstić information content (AvgIpc) is 2.39. The maximum Gasteiger partial charge on any atom is 0.0900 e. The molecule has 3 N–H and O–H groups in total. The van der Waals surface area contributed by atoms with Crippen LogP contribution in [0.1, 0.15) is 22.0 Å². The van der Waals surface area contributed by atoms with Crippen molar-refractivity contribution in [1.29, 1.82) is 0 Å². The van der Waals surface area contributed by atoms with Crippen molar-refractivity contribution in [3.05, 3.63) is 15.6 Å². The van der Waals surface area contributed by atoms with Gasteiger partial charge in [-0.15, -0.1) is 11.3 Å². The third-order valence-electron chi connectivity index (χ3n) is 1.84. The molecule has 74 valence electrons. The van der Waals surface area contributed by atoms with Crippen molar-refractivity contribution in [2.75, 3.05) is 13.1 Å². The summed E-state index contributed by atoms with van der Waals surface area (Å²) in [7, 11) is 0. The van der Waals surface area contributed by atoms with Crippen molar-refractivity contribution in [3.8, 4) is 0 Å². The van der Waals surface area contributed by atoms with Crippen molar-refractivity contribution in [1.82, 2.24) is 10.3 Å². The molecule has 0 radical (unpaired) electrons. The first-order valence-electron chi connectivity index (χ1n) is 4.57. The average molecular weight is 199 g/mol. The number of nitrogens with one attached hydrogen (secondary N) is 1. The third kappa shape index (κ3) is 3.42. The third-order valence-corrected chi connectivity index (χ3v) is 2.92. The zero-order valence-corrected chi connectivity index (χ0v) is 9.08. The first-order valence-corrected chi connectivity index (χ1v) is 5.39. The highest BCUT2D eigenvalue weighted by molar-refractivity contribution is 7.11. The Morgan fingerprint density at radius 1 is 1.46 bits per heavy atom. The number of aromatic nitrogens is 1. The van der Waals surface area contributed by atoms with E-state index in [1.807, 2.05) is 6.92 Å². The van der Waals surface area contributed by atoms with Crippen LogP contribution < -0.4 is 11.1 Å². The van der Waals surface area contributed by atoms with E-state index in [4.69, 9.17) is 5.73 Å². The van der Waals surface area contributed by atoms with Crippen molar-refractivity contribution in [3.63, 3.8) is 0 Å². The van der Waals surface area contributed by atoms with Gasteiger partial charge in [-0.3, -0.25) is 0 Å². The molecule has 0 aromatic carbocycles. The second-order valence-electron chi connectivity index (χ2n) is 3.06. The lowest BCUT2D eigenvalue weighted by molar-refractivity contribution is 0.658.